The summed E-state index contributed by atoms with van der Waals surface area (Å²) in [5.74, 6) is 0.401. The number of benzene rings is 1. The van der Waals surface area contributed by atoms with Crippen molar-refractivity contribution in [3.63, 3.8) is 0 Å². The molecule has 2 rings (SSSR count). The maximum absolute atomic E-state index is 13.8. The van der Waals surface area contributed by atoms with Gasteiger partial charge in [-0.1, -0.05) is 19.1 Å². The maximum Gasteiger partial charge on any atom is 0.126 e. The quantitative estimate of drug-likeness (QED) is 0.786. The second-order valence-corrected chi connectivity index (χ2v) is 4.23. The first-order valence-corrected chi connectivity index (χ1v) is 5.80. The van der Waals surface area contributed by atoms with Crippen LogP contribution in [0.3, 0.4) is 0 Å². The fraction of sp³-hybridized carbons (Fsp3) is 0.538. The third-order valence-electron chi connectivity index (χ3n) is 3.25. The van der Waals surface area contributed by atoms with E-state index in [4.69, 9.17) is 0 Å². The van der Waals surface area contributed by atoms with E-state index in [1.807, 2.05) is 6.07 Å². The van der Waals surface area contributed by atoms with Crippen LogP contribution in [0.1, 0.15) is 36.8 Å². The van der Waals surface area contributed by atoms with E-state index < -0.39 is 0 Å². The lowest BCUT2D eigenvalue weighted by Crippen LogP contribution is -2.27. The van der Waals surface area contributed by atoms with Crippen LogP contribution in [0.4, 0.5) is 4.39 Å². The minimum Gasteiger partial charge on any atom is -0.317 e. The van der Waals surface area contributed by atoms with Crippen molar-refractivity contribution in [1.29, 1.82) is 0 Å². The summed E-state index contributed by atoms with van der Waals surface area (Å²) in [4.78, 5) is 0. The van der Waals surface area contributed by atoms with Crippen LogP contribution in [0.2, 0.25) is 0 Å². The van der Waals surface area contributed by atoms with Crippen LogP contribution >= 0.6 is 0 Å². The topological polar surface area (TPSA) is 12.0 Å². The number of hydrogen-bond donors (Lipinski definition) is 1. The van der Waals surface area contributed by atoms with Gasteiger partial charge in [-0.2, -0.15) is 0 Å². The van der Waals surface area contributed by atoms with Gasteiger partial charge in [-0.3, -0.25) is 0 Å². The van der Waals surface area contributed by atoms with Crippen molar-refractivity contribution in [2.45, 2.75) is 32.1 Å². The molecule has 82 valence electrons. The van der Waals surface area contributed by atoms with Crippen LogP contribution in [-0.4, -0.2) is 13.1 Å². The molecule has 0 radical (unpaired) electrons. The normalized spacial score (nSPS) is 18.0. The van der Waals surface area contributed by atoms with Crippen molar-refractivity contribution >= 4 is 0 Å². The molecule has 1 N–H and O–H groups in total. The fourth-order valence-electron chi connectivity index (χ4n) is 2.25. The number of piperidine rings is 1. The average molecular weight is 207 g/mol. The van der Waals surface area contributed by atoms with Gasteiger partial charge in [0, 0.05) is 0 Å². The van der Waals surface area contributed by atoms with Crippen LogP contribution < -0.4 is 5.32 Å². The minimum absolute atomic E-state index is 0.0127. The van der Waals surface area contributed by atoms with Crippen molar-refractivity contribution in [1.82, 2.24) is 5.32 Å². The molecule has 1 aliphatic rings. The van der Waals surface area contributed by atoms with E-state index in [1.165, 1.54) is 0 Å². The maximum atomic E-state index is 13.8. The van der Waals surface area contributed by atoms with Crippen molar-refractivity contribution < 1.29 is 4.39 Å². The first-order chi connectivity index (χ1) is 7.31. The minimum atomic E-state index is -0.0127. The number of nitrogens with one attached hydrogen (secondary N) is 1. The summed E-state index contributed by atoms with van der Waals surface area (Å²) >= 11 is 0. The average Bonchev–Trinajstić information content (AvgIpc) is 2.30. The first kappa shape index (κ1) is 10.6. The molecule has 0 atom stereocenters. The molecule has 0 spiro atoms. The van der Waals surface area contributed by atoms with E-state index in [-0.39, 0.29) is 5.82 Å². The molecule has 0 aliphatic carbocycles. The second kappa shape index (κ2) is 4.75. The van der Waals surface area contributed by atoms with E-state index in [0.717, 1.165) is 43.5 Å². The van der Waals surface area contributed by atoms with E-state index >= 15 is 0 Å². The molecule has 1 aliphatic heterocycles. The zero-order chi connectivity index (χ0) is 10.7. The van der Waals surface area contributed by atoms with Gasteiger partial charge < -0.3 is 5.32 Å². The van der Waals surface area contributed by atoms with Gasteiger partial charge in [0.1, 0.15) is 5.82 Å². The lowest BCUT2D eigenvalue weighted by molar-refractivity contribution is 0.445. The Labute approximate surface area is 90.7 Å². The van der Waals surface area contributed by atoms with Crippen molar-refractivity contribution in [3.05, 3.63) is 35.1 Å². The molecule has 0 aromatic heterocycles. The molecule has 1 fully saturated rings. The summed E-state index contributed by atoms with van der Waals surface area (Å²) < 4.78 is 13.8. The summed E-state index contributed by atoms with van der Waals surface area (Å²) in [7, 11) is 0. The molecule has 0 unspecified atom stereocenters. The Balaban J connectivity index is 2.19. The third-order valence-corrected chi connectivity index (χ3v) is 3.25. The Morgan fingerprint density at radius 2 is 2.07 bits per heavy atom. The van der Waals surface area contributed by atoms with Crippen LogP contribution in [0, 0.1) is 5.82 Å². The largest absolute Gasteiger partial charge is 0.317 e. The summed E-state index contributed by atoms with van der Waals surface area (Å²) in [6.07, 6.45) is 3.02. The van der Waals surface area contributed by atoms with Gasteiger partial charge in [-0.05, 0) is 55.5 Å². The molecular weight excluding hydrogens is 189 g/mol. The molecule has 0 bridgehead atoms. The van der Waals surface area contributed by atoms with Crippen LogP contribution in [0.15, 0.2) is 18.2 Å². The van der Waals surface area contributed by atoms with Crippen molar-refractivity contribution in [2.24, 2.45) is 0 Å². The number of aryl methyl sites for hydroxylation is 1. The molecule has 1 aromatic rings. The Hall–Kier alpha value is -0.890. The fourth-order valence-corrected chi connectivity index (χ4v) is 2.25. The standard InChI is InChI=1S/C13H18FN/c1-2-10-3-4-12(13(14)9-10)11-5-7-15-8-6-11/h3-4,9,11,15H,2,5-8H2,1H3. The van der Waals surface area contributed by atoms with Gasteiger partial charge in [0.25, 0.3) is 0 Å². The van der Waals surface area contributed by atoms with E-state index in [2.05, 4.69) is 18.3 Å². The Morgan fingerprint density at radius 3 is 2.67 bits per heavy atom. The lowest BCUT2D eigenvalue weighted by atomic mass is 9.89. The van der Waals surface area contributed by atoms with Gasteiger partial charge in [-0.15, -0.1) is 0 Å². The highest BCUT2D eigenvalue weighted by Crippen LogP contribution is 2.27. The molecule has 1 saturated heterocycles. The van der Waals surface area contributed by atoms with Gasteiger partial charge in [0.2, 0.25) is 0 Å². The smallest absolute Gasteiger partial charge is 0.126 e. The summed E-state index contributed by atoms with van der Waals surface area (Å²) in [5.41, 5.74) is 2.00. The molecule has 1 heterocycles. The highest BCUT2D eigenvalue weighted by Gasteiger charge is 2.18. The molecule has 0 saturated carbocycles. The van der Waals surface area contributed by atoms with Crippen LogP contribution in [0.5, 0.6) is 0 Å². The predicted molar refractivity (Wildman–Crippen MR) is 60.6 cm³/mol. The van der Waals surface area contributed by atoms with E-state index in [9.17, 15) is 4.39 Å². The SMILES string of the molecule is CCc1ccc(C2CCNCC2)c(F)c1. The van der Waals surface area contributed by atoms with Gasteiger partial charge >= 0.3 is 0 Å². The number of hydrogen-bond acceptors (Lipinski definition) is 1. The monoisotopic (exact) mass is 207 g/mol. The molecule has 1 aromatic carbocycles. The highest BCUT2D eigenvalue weighted by atomic mass is 19.1. The summed E-state index contributed by atoms with van der Waals surface area (Å²) in [5, 5.41) is 3.30. The van der Waals surface area contributed by atoms with Crippen molar-refractivity contribution in [3.8, 4) is 0 Å². The Morgan fingerprint density at radius 1 is 1.33 bits per heavy atom. The van der Waals surface area contributed by atoms with Gasteiger partial charge in [0.15, 0.2) is 0 Å². The molecular formula is C13H18FN. The number of halogens is 1. The van der Waals surface area contributed by atoms with Gasteiger partial charge in [-0.25, -0.2) is 4.39 Å². The Bertz CT molecular complexity index is 329. The summed E-state index contributed by atoms with van der Waals surface area (Å²) in [6, 6.07) is 5.72. The van der Waals surface area contributed by atoms with E-state index in [0.29, 0.717) is 5.92 Å². The lowest BCUT2D eigenvalue weighted by Gasteiger charge is -2.23. The van der Waals surface area contributed by atoms with Gasteiger partial charge in [0.05, 0.1) is 0 Å². The predicted octanol–water partition coefficient (Wildman–Crippen LogP) is 2.86. The molecule has 2 heteroatoms. The van der Waals surface area contributed by atoms with Crippen LogP contribution in [-0.2, 0) is 6.42 Å². The van der Waals surface area contributed by atoms with Crippen molar-refractivity contribution in [2.75, 3.05) is 13.1 Å². The number of rotatable bonds is 2. The molecule has 1 nitrogen and oxygen atoms in total. The van der Waals surface area contributed by atoms with E-state index in [1.54, 1.807) is 6.07 Å². The first-order valence-electron chi connectivity index (χ1n) is 5.80. The van der Waals surface area contributed by atoms with Crippen LogP contribution in [0.25, 0.3) is 0 Å². The summed E-state index contributed by atoms with van der Waals surface area (Å²) in [6.45, 7) is 4.08. The molecule has 0 amide bonds. The molecule has 15 heavy (non-hydrogen) atoms. The second-order valence-electron chi connectivity index (χ2n) is 4.23. The highest BCUT2D eigenvalue weighted by molar-refractivity contribution is 5.27. The zero-order valence-corrected chi connectivity index (χ0v) is 9.22. The zero-order valence-electron chi connectivity index (χ0n) is 9.22. The third kappa shape index (κ3) is 2.37. The Kier molecular flexibility index (Phi) is 3.37.